The second-order valence-corrected chi connectivity index (χ2v) is 6.45. The summed E-state index contributed by atoms with van der Waals surface area (Å²) in [6.45, 7) is 2.24. The van der Waals surface area contributed by atoms with E-state index in [1.165, 1.54) is 38.5 Å². The highest BCUT2D eigenvalue weighted by Crippen LogP contribution is 2.51. The van der Waals surface area contributed by atoms with Gasteiger partial charge in [-0.15, -0.1) is 11.8 Å². The highest BCUT2D eigenvalue weighted by molar-refractivity contribution is 8.01. The molecule has 2 fully saturated rings. The molecule has 78 valence electrons. The Hall–Kier alpha value is -0.160. The molecule has 0 aromatic rings. The number of hydrogen-bond acceptors (Lipinski definition) is 2. The molecule has 14 heavy (non-hydrogen) atoms. The fourth-order valence-electron chi connectivity index (χ4n) is 2.54. The van der Waals surface area contributed by atoms with Crippen LogP contribution >= 0.6 is 11.8 Å². The van der Waals surface area contributed by atoms with Gasteiger partial charge in [-0.3, -0.25) is 0 Å². The molecule has 2 saturated carbocycles. The van der Waals surface area contributed by atoms with Crippen LogP contribution in [0.2, 0.25) is 0 Å². The van der Waals surface area contributed by atoms with Crippen molar-refractivity contribution in [2.24, 2.45) is 5.92 Å². The van der Waals surface area contributed by atoms with Gasteiger partial charge in [0.25, 0.3) is 0 Å². The standard InChI is InChI=1S/C12H19NS/c1-10-7-8-12(10,9-13)14-11-5-3-2-4-6-11/h10-11H,2-8H2,1H3. The summed E-state index contributed by atoms with van der Waals surface area (Å²) in [5.41, 5.74) is 0. The van der Waals surface area contributed by atoms with Crippen LogP contribution in [0.5, 0.6) is 0 Å². The minimum Gasteiger partial charge on any atom is -0.197 e. The van der Waals surface area contributed by atoms with E-state index >= 15 is 0 Å². The smallest absolute Gasteiger partial charge is 0.105 e. The van der Waals surface area contributed by atoms with Gasteiger partial charge in [-0.05, 0) is 31.6 Å². The molecule has 1 nitrogen and oxygen atoms in total. The molecular formula is C12H19NS. The van der Waals surface area contributed by atoms with Crippen molar-refractivity contribution in [1.29, 1.82) is 5.26 Å². The van der Waals surface area contributed by atoms with Crippen LogP contribution in [0.3, 0.4) is 0 Å². The van der Waals surface area contributed by atoms with E-state index in [1.54, 1.807) is 0 Å². The third-order valence-corrected chi connectivity index (χ3v) is 5.79. The summed E-state index contributed by atoms with van der Waals surface area (Å²) in [6, 6.07) is 2.57. The highest BCUT2D eigenvalue weighted by Gasteiger charge is 2.46. The molecule has 0 bridgehead atoms. The second kappa shape index (κ2) is 4.14. The largest absolute Gasteiger partial charge is 0.197 e. The van der Waals surface area contributed by atoms with Gasteiger partial charge < -0.3 is 0 Å². The molecule has 2 aliphatic rings. The molecule has 0 saturated heterocycles. The minimum absolute atomic E-state index is 0.00199. The Morgan fingerprint density at radius 1 is 1.21 bits per heavy atom. The predicted octanol–water partition coefficient (Wildman–Crippen LogP) is 3.74. The van der Waals surface area contributed by atoms with Crippen LogP contribution < -0.4 is 0 Å². The first-order valence-corrected chi connectivity index (χ1v) is 6.74. The molecule has 0 aromatic carbocycles. The van der Waals surface area contributed by atoms with E-state index in [4.69, 9.17) is 0 Å². The van der Waals surface area contributed by atoms with Crippen molar-refractivity contribution in [2.75, 3.05) is 0 Å². The summed E-state index contributed by atoms with van der Waals surface area (Å²) in [5.74, 6) is 0.624. The van der Waals surface area contributed by atoms with E-state index in [9.17, 15) is 5.26 Å². The number of hydrogen-bond donors (Lipinski definition) is 0. The minimum atomic E-state index is 0.00199. The van der Waals surface area contributed by atoms with E-state index in [1.807, 2.05) is 11.8 Å². The maximum Gasteiger partial charge on any atom is 0.105 e. The number of rotatable bonds is 2. The van der Waals surface area contributed by atoms with Crippen molar-refractivity contribution >= 4 is 11.8 Å². The van der Waals surface area contributed by atoms with Crippen LogP contribution in [0.4, 0.5) is 0 Å². The number of thioether (sulfide) groups is 1. The Bertz CT molecular complexity index is 239. The van der Waals surface area contributed by atoms with Crippen LogP contribution in [0.15, 0.2) is 0 Å². The first kappa shape index (κ1) is 10.4. The summed E-state index contributed by atoms with van der Waals surface area (Å²) >= 11 is 2.00. The van der Waals surface area contributed by atoms with Crippen molar-refractivity contribution in [3.63, 3.8) is 0 Å². The van der Waals surface area contributed by atoms with Gasteiger partial charge in [0.05, 0.1) is 6.07 Å². The van der Waals surface area contributed by atoms with Gasteiger partial charge in [0, 0.05) is 5.25 Å². The number of nitrogens with zero attached hydrogens (tertiary/aromatic N) is 1. The van der Waals surface area contributed by atoms with Gasteiger partial charge in [-0.25, -0.2) is 0 Å². The summed E-state index contributed by atoms with van der Waals surface area (Å²) in [4.78, 5) is 0. The van der Waals surface area contributed by atoms with Crippen LogP contribution in [-0.4, -0.2) is 10.00 Å². The molecule has 2 unspecified atom stereocenters. The maximum absolute atomic E-state index is 9.27. The monoisotopic (exact) mass is 209 g/mol. The van der Waals surface area contributed by atoms with Gasteiger partial charge in [0.15, 0.2) is 0 Å². The average molecular weight is 209 g/mol. The Morgan fingerprint density at radius 2 is 1.93 bits per heavy atom. The van der Waals surface area contributed by atoms with Gasteiger partial charge in [-0.1, -0.05) is 26.2 Å². The fraction of sp³-hybridized carbons (Fsp3) is 0.917. The SMILES string of the molecule is CC1CCC1(C#N)SC1CCCCC1. The molecular weight excluding hydrogens is 190 g/mol. The number of nitriles is 1. The normalized spacial score (nSPS) is 38.7. The van der Waals surface area contributed by atoms with Crippen LogP contribution in [-0.2, 0) is 0 Å². The summed E-state index contributed by atoms with van der Waals surface area (Å²) < 4.78 is 0.00199. The predicted molar refractivity (Wildman–Crippen MR) is 61.2 cm³/mol. The van der Waals surface area contributed by atoms with Gasteiger partial charge >= 0.3 is 0 Å². The summed E-state index contributed by atoms with van der Waals surface area (Å²) in [7, 11) is 0. The van der Waals surface area contributed by atoms with Crippen LogP contribution in [0, 0.1) is 17.2 Å². The summed E-state index contributed by atoms with van der Waals surface area (Å²) in [6.07, 6.45) is 9.26. The fourth-order valence-corrected chi connectivity index (χ4v) is 4.35. The van der Waals surface area contributed by atoms with Crippen molar-refractivity contribution in [3.8, 4) is 6.07 Å². The van der Waals surface area contributed by atoms with Crippen molar-refractivity contribution in [3.05, 3.63) is 0 Å². The van der Waals surface area contributed by atoms with Gasteiger partial charge in [0.2, 0.25) is 0 Å². The molecule has 2 atom stereocenters. The third-order valence-electron chi connectivity index (χ3n) is 3.86. The molecule has 0 aromatic heterocycles. The first-order valence-electron chi connectivity index (χ1n) is 5.86. The molecule has 0 amide bonds. The van der Waals surface area contributed by atoms with Crippen molar-refractivity contribution in [1.82, 2.24) is 0 Å². The van der Waals surface area contributed by atoms with Crippen LogP contribution in [0.1, 0.15) is 51.9 Å². The topological polar surface area (TPSA) is 23.8 Å². The lowest BCUT2D eigenvalue weighted by Crippen LogP contribution is -2.42. The van der Waals surface area contributed by atoms with E-state index in [0.717, 1.165) is 11.7 Å². The van der Waals surface area contributed by atoms with E-state index in [0.29, 0.717) is 5.92 Å². The quantitative estimate of drug-likeness (QED) is 0.691. The molecule has 2 rings (SSSR count). The molecule has 0 N–H and O–H groups in total. The lowest BCUT2D eigenvalue weighted by atomic mass is 9.75. The molecule has 0 aliphatic heterocycles. The first-order chi connectivity index (χ1) is 6.77. The van der Waals surface area contributed by atoms with Gasteiger partial charge in [-0.2, -0.15) is 5.26 Å². The zero-order valence-electron chi connectivity index (χ0n) is 8.96. The lowest BCUT2D eigenvalue weighted by Gasteiger charge is -2.44. The molecule has 2 heteroatoms. The molecule has 2 aliphatic carbocycles. The lowest BCUT2D eigenvalue weighted by molar-refractivity contribution is 0.294. The van der Waals surface area contributed by atoms with E-state index in [2.05, 4.69) is 13.0 Å². The van der Waals surface area contributed by atoms with Crippen molar-refractivity contribution in [2.45, 2.75) is 61.9 Å². The summed E-state index contributed by atoms with van der Waals surface area (Å²) in [5, 5.41) is 10.1. The van der Waals surface area contributed by atoms with E-state index in [-0.39, 0.29) is 4.75 Å². The molecule has 0 heterocycles. The Morgan fingerprint density at radius 3 is 2.36 bits per heavy atom. The Labute approximate surface area is 91.3 Å². The Balaban J connectivity index is 1.91. The van der Waals surface area contributed by atoms with Crippen LogP contribution in [0.25, 0.3) is 0 Å². The zero-order chi connectivity index (χ0) is 10.0. The average Bonchev–Trinajstić information content (AvgIpc) is 2.25. The molecule has 0 spiro atoms. The highest BCUT2D eigenvalue weighted by atomic mass is 32.2. The molecule has 0 radical (unpaired) electrons. The third kappa shape index (κ3) is 1.80. The Kier molecular flexibility index (Phi) is 3.07. The zero-order valence-corrected chi connectivity index (χ0v) is 9.78. The van der Waals surface area contributed by atoms with Crippen molar-refractivity contribution < 1.29 is 0 Å². The second-order valence-electron chi connectivity index (χ2n) is 4.82. The van der Waals surface area contributed by atoms with Gasteiger partial charge in [0.1, 0.15) is 4.75 Å². The van der Waals surface area contributed by atoms with E-state index < -0.39 is 0 Å². The maximum atomic E-state index is 9.27.